The standard InChI is InChI=1S/C17H22N2O4S/c1-9(2)8-10-6-7-11-12(19-16(22)23-17(3,4)5)13(15(20)21)24-14(11)18-10/h6-7,9H,8H2,1-5H3,(H,19,22)(H,20,21). The Labute approximate surface area is 144 Å². The lowest BCUT2D eigenvalue weighted by Crippen LogP contribution is -2.27. The van der Waals surface area contributed by atoms with Crippen molar-refractivity contribution < 1.29 is 19.4 Å². The summed E-state index contributed by atoms with van der Waals surface area (Å²) < 4.78 is 5.21. The number of pyridine rings is 1. The predicted octanol–water partition coefficient (Wildman–Crippen LogP) is 4.54. The highest BCUT2D eigenvalue weighted by molar-refractivity contribution is 7.21. The Morgan fingerprint density at radius 2 is 2.00 bits per heavy atom. The molecule has 0 aromatic carbocycles. The molecule has 24 heavy (non-hydrogen) atoms. The first-order valence-electron chi connectivity index (χ1n) is 7.72. The smallest absolute Gasteiger partial charge is 0.412 e. The van der Waals surface area contributed by atoms with Crippen LogP contribution in [0.2, 0.25) is 0 Å². The molecule has 0 spiro atoms. The molecule has 2 aromatic heterocycles. The zero-order chi connectivity index (χ0) is 18.1. The van der Waals surface area contributed by atoms with E-state index in [-0.39, 0.29) is 10.6 Å². The van der Waals surface area contributed by atoms with Gasteiger partial charge < -0.3 is 9.84 Å². The molecule has 0 unspecified atom stereocenters. The van der Waals surface area contributed by atoms with Gasteiger partial charge in [0.1, 0.15) is 15.3 Å². The van der Waals surface area contributed by atoms with Crippen molar-refractivity contribution in [2.24, 2.45) is 5.92 Å². The van der Waals surface area contributed by atoms with Crippen LogP contribution < -0.4 is 5.32 Å². The minimum atomic E-state index is -1.10. The maximum atomic E-state index is 12.0. The molecule has 130 valence electrons. The van der Waals surface area contributed by atoms with Gasteiger partial charge in [-0.3, -0.25) is 5.32 Å². The molecular weight excluding hydrogens is 328 g/mol. The van der Waals surface area contributed by atoms with E-state index in [4.69, 9.17) is 4.74 Å². The third kappa shape index (κ3) is 4.44. The Morgan fingerprint density at radius 3 is 2.54 bits per heavy atom. The summed E-state index contributed by atoms with van der Waals surface area (Å²) in [6, 6.07) is 3.66. The van der Waals surface area contributed by atoms with E-state index in [0.29, 0.717) is 16.1 Å². The molecule has 0 fully saturated rings. The van der Waals surface area contributed by atoms with E-state index in [9.17, 15) is 14.7 Å². The number of aromatic carboxylic acids is 1. The largest absolute Gasteiger partial charge is 0.477 e. The molecule has 2 aromatic rings. The second-order valence-electron chi connectivity index (χ2n) is 6.99. The minimum Gasteiger partial charge on any atom is -0.477 e. The number of carbonyl (C=O) groups is 2. The van der Waals surface area contributed by atoms with Crippen LogP contribution in [0.15, 0.2) is 12.1 Å². The van der Waals surface area contributed by atoms with Gasteiger partial charge in [-0.05, 0) is 45.2 Å². The lowest BCUT2D eigenvalue weighted by Gasteiger charge is -2.19. The van der Waals surface area contributed by atoms with Crippen LogP contribution in [0.1, 0.15) is 50.0 Å². The van der Waals surface area contributed by atoms with Crippen molar-refractivity contribution in [3.8, 4) is 0 Å². The first kappa shape index (κ1) is 18.2. The summed E-state index contributed by atoms with van der Waals surface area (Å²) in [4.78, 5) is 28.7. The number of carbonyl (C=O) groups excluding carboxylic acids is 1. The molecule has 0 radical (unpaired) electrons. The number of fused-ring (bicyclic) bond motifs is 1. The lowest BCUT2D eigenvalue weighted by atomic mass is 10.1. The summed E-state index contributed by atoms with van der Waals surface area (Å²) >= 11 is 1.05. The van der Waals surface area contributed by atoms with Gasteiger partial charge in [0.2, 0.25) is 0 Å². The van der Waals surface area contributed by atoms with E-state index in [1.54, 1.807) is 26.8 Å². The van der Waals surface area contributed by atoms with Crippen molar-refractivity contribution in [1.82, 2.24) is 4.98 Å². The Hall–Kier alpha value is -2.15. The molecule has 0 aliphatic heterocycles. The maximum absolute atomic E-state index is 12.0. The zero-order valence-electron chi connectivity index (χ0n) is 14.5. The van der Waals surface area contributed by atoms with Crippen molar-refractivity contribution in [3.63, 3.8) is 0 Å². The van der Waals surface area contributed by atoms with Crippen LogP contribution in [0, 0.1) is 5.92 Å². The number of rotatable bonds is 4. The Kier molecular flexibility index (Phi) is 5.13. The van der Waals surface area contributed by atoms with E-state index in [1.165, 1.54) is 0 Å². The third-order valence-corrected chi connectivity index (χ3v) is 4.14. The number of hydrogen-bond acceptors (Lipinski definition) is 5. The van der Waals surface area contributed by atoms with Crippen LogP contribution in [0.3, 0.4) is 0 Å². The summed E-state index contributed by atoms with van der Waals surface area (Å²) in [6.45, 7) is 9.43. The topological polar surface area (TPSA) is 88.5 Å². The molecular formula is C17H22N2O4S. The number of thiophene rings is 1. The number of nitrogens with zero attached hydrogens (tertiary/aromatic N) is 1. The average Bonchev–Trinajstić information content (AvgIpc) is 2.74. The van der Waals surface area contributed by atoms with Crippen molar-refractivity contribution >= 4 is 39.3 Å². The molecule has 0 atom stereocenters. The Morgan fingerprint density at radius 1 is 1.33 bits per heavy atom. The van der Waals surface area contributed by atoms with Gasteiger partial charge in [-0.25, -0.2) is 14.6 Å². The molecule has 7 heteroatoms. The second-order valence-corrected chi connectivity index (χ2v) is 7.99. The van der Waals surface area contributed by atoms with Gasteiger partial charge in [0.25, 0.3) is 0 Å². The van der Waals surface area contributed by atoms with E-state index in [1.807, 2.05) is 6.07 Å². The minimum absolute atomic E-state index is 0.0463. The molecule has 2 N–H and O–H groups in total. The predicted molar refractivity (Wildman–Crippen MR) is 95.0 cm³/mol. The number of nitrogens with one attached hydrogen (secondary N) is 1. The van der Waals surface area contributed by atoms with E-state index in [0.717, 1.165) is 23.5 Å². The van der Waals surface area contributed by atoms with Crippen molar-refractivity contribution in [2.75, 3.05) is 5.32 Å². The third-order valence-electron chi connectivity index (χ3n) is 3.05. The Bertz CT molecular complexity index is 775. The number of amides is 1. The molecule has 0 bridgehead atoms. The molecule has 1 amide bonds. The van der Waals surface area contributed by atoms with Crippen molar-refractivity contribution in [1.29, 1.82) is 0 Å². The average molecular weight is 350 g/mol. The fraction of sp³-hybridized carbons (Fsp3) is 0.471. The van der Waals surface area contributed by atoms with Crippen LogP contribution in [0.25, 0.3) is 10.2 Å². The van der Waals surface area contributed by atoms with Crippen LogP contribution in [-0.2, 0) is 11.2 Å². The Balaban J connectivity index is 2.41. The van der Waals surface area contributed by atoms with Gasteiger partial charge in [0.15, 0.2) is 0 Å². The molecule has 0 aliphatic rings. The quantitative estimate of drug-likeness (QED) is 0.845. The van der Waals surface area contributed by atoms with Gasteiger partial charge >= 0.3 is 12.1 Å². The monoisotopic (exact) mass is 350 g/mol. The van der Waals surface area contributed by atoms with Gasteiger partial charge in [0.05, 0.1) is 5.69 Å². The summed E-state index contributed by atoms with van der Waals surface area (Å²) in [5, 5.41) is 12.6. The van der Waals surface area contributed by atoms with Gasteiger partial charge in [-0.1, -0.05) is 13.8 Å². The van der Waals surface area contributed by atoms with E-state index in [2.05, 4.69) is 24.1 Å². The van der Waals surface area contributed by atoms with Crippen LogP contribution in [0.5, 0.6) is 0 Å². The fourth-order valence-corrected chi connectivity index (χ4v) is 3.22. The molecule has 0 aliphatic carbocycles. The summed E-state index contributed by atoms with van der Waals surface area (Å²) in [7, 11) is 0. The molecule has 0 saturated heterocycles. The fourth-order valence-electron chi connectivity index (χ4n) is 2.23. The summed E-state index contributed by atoms with van der Waals surface area (Å²) in [5.74, 6) is -0.650. The molecule has 2 rings (SSSR count). The summed E-state index contributed by atoms with van der Waals surface area (Å²) in [6.07, 6.45) is 0.126. The molecule has 2 heterocycles. The van der Waals surface area contributed by atoms with Crippen LogP contribution >= 0.6 is 11.3 Å². The van der Waals surface area contributed by atoms with Crippen molar-refractivity contribution in [3.05, 3.63) is 22.7 Å². The van der Waals surface area contributed by atoms with E-state index < -0.39 is 17.7 Å². The van der Waals surface area contributed by atoms with Gasteiger partial charge in [-0.15, -0.1) is 11.3 Å². The number of anilines is 1. The zero-order valence-corrected chi connectivity index (χ0v) is 15.3. The number of hydrogen-bond donors (Lipinski definition) is 2. The maximum Gasteiger partial charge on any atom is 0.412 e. The molecule has 6 nitrogen and oxygen atoms in total. The molecule has 0 saturated carbocycles. The number of carboxylic acids is 1. The number of carboxylic acid groups (broad SMARTS) is 1. The normalized spacial score (nSPS) is 11.8. The van der Waals surface area contributed by atoms with Crippen LogP contribution in [0.4, 0.5) is 10.5 Å². The van der Waals surface area contributed by atoms with E-state index >= 15 is 0 Å². The van der Waals surface area contributed by atoms with Crippen molar-refractivity contribution in [2.45, 2.75) is 46.6 Å². The highest BCUT2D eigenvalue weighted by Gasteiger charge is 2.23. The first-order valence-corrected chi connectivity index (χ1v) is 8.54. The highest BCUT2D eigenvalue weighted by Crippen LogP contribution is 2.35. The van der Waals surface area contributed by atoms with Crippen LogP contribution in [-0.4, -0.2) is 27.8 Å². The lowest BCUT2D eigenvalue weighted by molar-refractivity contribution is 0.0636. The van der Waals surface area contributed by atoms with Gasteiger partial charge in [-0.2, -0.15) is 0 Å². The SMILES string of the molecule is CC(C)Cc1ccc2c(NC(=O)OC(C)(C)C)c(C(=O)O)sc2n1. The first-order chi connectivity index (χ1) is 11.1. The number of aromatic nitrogens is 1. The highest BCUT2D eigenvalue weighted by atomic mass is 32.1. The second kappa shape index (κ2) is 6.76. The number of ether oxygens (including phenoxy) is 1. The summed E-state index contributed by atoms with van der Waals surface area (Å²) in [5.41, 5.74) is 0.474. The van der Waals surface area contributed by atoms with Gasteiger partial charge in [0, 0.05) is 11.1 Å².